The highest BCUT2D eigenvalue weighted by molar-refractivity contribution is 6.42. The van der Waals surface area contributed by atoms with E-state index in [9.17, 15) is 0 Å². The first-order valence-electron chi connectivity index (χ1n) is 7.86. The van der Waals surface area contributed by atoms with Crippen molar-refractivity contribution < 1.29 is 4.74 Å². The van der Waals surface area contributed by atoms with Crippen molar-refractivity contribution in [2.75, 3.05) is 20.3 Å². The van der Waals surface area contributed by atoms with Crippen molar-refractivity contribution in [1.29, 1.82) is 0 Å². The highest BCUT2D eigenvalue weighted by Gasteiger charge is 2.45. The van der Waals surface area contributed by atoms with Crippen molar-refractivity contribution in [2.24, 2.45) is 5.92 Å². The van der Waals surface area contributed by atoms with Gasteiger partial charge in [-0.3, -0.25) is 0 Å². The van der Waals surface area contributed by atoms with E-state index >= 15 is 0 Å². The Morgan fingerprint density at radius 1 is 1.24 bits per heavy atom. The summed E-state index contributed by atoms with van der Waals surface area (Å²) in [4.78, 5) is 2.57. The zero-order valence-electron chi connectivity index (χ0n) is 12.7. The van der Waals surface area contributed by atoms with Crippen LogP contribution in [0.15, 0.2) is 18.2 Å². The van der Waals surface area contributed by atoms with Gasteiger partial charge in [0.1, 0.15) is 0 Å². The summed E-state index contributed by atoms with van der Waals surface area (Å²) in [5, 5.41) is 1.30. The van der Waals surface area contributed by atoms with Crippen LogP contribution in [-0.4, -0.2) is 37.2 Å². The van der Waals surface area contributed by atoms with Crippen LogP contribution in [0.5, 0.6) is 0 Å². The van der Waals surface area contributed by atoms with E-state index in [-0.39, 0.29) is 0 Å². The molecule has 0 aliphatic carbocycles. The molecule has 2 bridgehead atoms. The third kappa shape index (κ3) is 2.96. The minimum absolute atomic E-state index is 0.528. The first kappa shape index (κ1) is 15.6. The lowest BCUT2D eigenvalue weighted by Gasteiger charge is -2.43. The molecule has 1 aromatic carbocycles. The van der Waals surface area contributed by atoms with Crippen LogP contribution in [0, 0.1) is 5.92 Å². The van der Waals surface area contributed by atoms with Crippen LogP contribution in [-0.2, 0) is 4.74 Å². The number of halogens is 2. The van der Waals surface area contributed by atoms with Crippen LogP contribution in [0.2, 0.25) is 10.0 Å². The Kier molecular flexibility index (Phi) is 4.80. The van der Waals surface area contributed by atoms with Gasteiger partial charge in [0.2, 0.25) is 0 Å². The Hall–Kier alpha value is -0.280. The second kappa shape index (κ2) is 6.45. The van der Waals surface area contributed by atoms with E-state index in [1.165, 1.54) is 24.8 Å². The number of rotatable bonds is 4. The molecule has 116 valence electrons. The van der Waals surface area contributed by atoms with Gasteiger partial charge < -0.3 is 9.64 Å². The monoisotopic (exact) mass is 327 g/mol. The van der Waals surface area contributed by atoms with Gasteiger partial charge in [0.05, 0.1) is 16.7 Å². The zero-order chi connectivity index (χ0) is 15.0. The van der Waals surface area contributed by atoms with E-state index in [1.54, 1.807) is 0 Å². The maximum absolute atomic E-state index is 6.23. The second-order valence-electron chi connectivity index (χ2n) is 6.30. The SMILES string of the molecule is CCOC[C@H]1[C@@H](c2ccc(Cl)c(Cl)c2)C[C@@H]2CC[C@H]1N2C. The molecule has 0 aromatic heterocycles. The predicted octanol–water partition coefficient (Wildman–Crippen LogP) is 4.60. The third-order valence-corrected chi connectivity index (χ3v) is 6.06. The molecule has 0 spiro atoms. The average Bonchev–Trinajstić information content (AvgIpc) is 2.72. The van der Waals surface area contributed by atoms with Crippen LogP contribution in [0.1, 0.15) is 37.7 Å². The second-order valence-corrected chi connectivity index (χ2v) is 7.12. The topological polar surface area (TPSA) is 12.5 Å². The molecule has 0 unspecified atom stereocenters. The van der Waals surface area contributed by atoms with Gasteiger partial charge in [-0.1, -0.05) is 29.3 Å². The highest BCUT2D eigenvalue weighted by Crippen LogP contribution is 2.46. The molecule has 2 heterocycles. The first-order valence-corrected chi connectivity index (χ1v) is 8.62. The van der Waals surface area contributed by atoms with Crippen molar-refractivity contribution >= 4 is 23.2 Å². The van der Waals surface area contributed by atoms with Gasteiger partial charge in [-0.2, -0.15) is 0 Å². The smallest absolute Gasteiger partial charge is 0.0595 e. The Balaban J connectivity index is 1.88. The van der Waals surface area contributed by atoms with Gasteiger partial charge in [-0.05, 0) is 56.8 Å². The molecule has 4 heteroatoms. The van der Waals surface area contributed by atoms with Gasteiger partial charge in [-0.15, -0.1) is 0 Å². The molecule has 2 saturated heterocycles. The number of hydrogen-bond donors (Lipinski definition) is 0. The number of benzene rings is 1. The van der Waals surface area contributed by atoms with E-state index < -0.39 is 0 Å². The minimum atomic E-state index is 0.528. The van der Waals surface area contributed by atoms with Crippen LogP contribution in [0.25, 0.3) is 0 Å². The van der Waals surface area contributed by atoms with Crippen LogP contribution >= 0.6 is 23.2 Å². The lowest BCUT2D eigenvalue weighted by Crippen LogP contribution is -2.47. The maximum Gasteiger partial charge on any atom is 0.0595 e. The fraction of sp³-hybridized carbons (Fsp3) is 0.647. The van der Waals surface area contributed by atoms with E-state index in [2.05, 4.69) is 31.0 Å². The Morgan fingerprint density at radius 3 is 2.76 bits per heavy atom. The fourth-order valence-electron chi connectivity index (χ4n) is 4.18. The summed E-state index contributed by atoms with van der Waals surface area (Å²) in [5.74, 6) is 1.07. The number of nitrogens with zero attached hydrogens (tertiary/aromatic N) is 1. The molecule has 3 rings (SSSR count). The number of ether oxygens (including phenoxy) is 1. The van der Waals surface area contributed by atoms with E-state index in [0.717, 1.165) is 13.2 Å². The first-order chi connectivity index (χ1) is 10.1. The summed E-state index contributed by atoms with van der Waals surface area (Å²) in [6, 6.07) is 7.46. The van der Waals surface area contributed by atoms with E-state index in [0.29, 0.717) is 34.0 Å². The molecule has 4 atom stereocenters. The average molecular weight is 328 g/mol. The van der Waals surface area contributed by atoms with Gasteiger partial charge in [-0.25, -0.2) is 0 Å². The molecule has 1 aromatic rings. The number of piperidine rings is 1. The fourth-order valence-corrected chi connectivity index (χ4v) is 4.49. The van der Waals surface area contributed by atoms with Gasteiger partial charge >= 0.3 is 0 Å². The van der Waals surface area contributed by atoms with Crippen molar-refractivity contribution in [1.82, 2.24) is 4.90 Å². The maximum atomic E-state index is 6.23. The Labute approximate surface area is 137 Å². The normalized spacial score (nSPS) is 32.6. The minimum Gasteiger partial charge on any atom is -0.381 e. The van der Waals surface area contributed by atoms with Gasteiger partial charge in [0.15, 0.2) is 0 Å². The van der Waals surface area contributed by atoms with E-state index in [4.69, 9.17) is 27.9 Å². The lowest BCUT2D eigenvalue weighted by atomic mass is 9.76. The zero-order valence-corrected chi connectivity index (χ0v) is 14.2. The van der Waals surface area contributed by atoms with Crippen LogP contribution in [0.3, 0.4) is 0 Å². The standard InChI is InChI=1S/C17H23Cl2NO/c1-3-21-10-14-13(9-12-5-7-17(14)20(12)2)11-4-6-15(18)16(19)8-11/h4,6,8,12-14,17H,3,5,7,9-10H2,1-2H3/t12-,13+,14-,17+/m0/s1. The highest BCUT2D eigenvalue weighted by atomic mass is 35.5. The Bertz CT molecular complexity index is 508. The molecule has 2 aliphatic heterocycles. The summed E-state index contributed by atoms with van der Waals surface area (Å²) < 4.78 is 5.79. The molecule has 0 amide bonds. The molecular formula is C17H23Cl2NO. The number of fused-ring (bicyclic) bond motifs is 2. The van der Waals surface area contributed by atoms with Crippen molar-refractivity contribution in [2.45, 2.75) is 44.2 Å². The van der Waals surface area contributed by atoms with Gasteiger partial charge in [0.25, 0.3) is 0 Å². The van der Waals surface area contributed by atoms with Crippen molar-refractivity contribution in [3.63, 3.8) is 0 Å². The summed E-state index contributed by atoms with van der Waals surface area (Å²) in [5.41, 5.74) is 1.32. The molecule has 0 saturated carbocycles. The lowest BCUT2D eigenvalue weighted by molar-refractivity contribution is 0.0253. The Morgan fingerprint density at radius 2 is 2.05 bits per heavy atom. The molecule has 2 nitrogen and oxygen atoms in total. The van der Waals surface area contributed by atoms with Crippen LogP contribution in [0.4, 0.5) is 0 Å². The quantitative estimate of drug-likeness (QED) is 0.801. The molecule has 2 fully saturated rings. The van der Waals surface area contributed by atoms with Crippen molar-refractivity contribution in [3.8, 4) is 0 Å². The third-order valence-electron chi connectivity index (χ3n) is 5.32. The molecular weight excluding hydrogens is 305 g/mol. The summed E-state index contributed by atoms with van der Waals surface area (Å²) in [7, 11) is 2.27. The number of hydrogen-bond acceptors (Lipinski definition) is 2. The van der Waals surface area contributed by atoms with Crippen LogP contribution < -0.4 is 0 Å². The summed E-state index contributed by atoms with van der Waals surface area (Å²) >= 11 is 12.3. The summed E-state index contributed by atoms with van der Waals surface area (Å²) in [6.45, 7) is 3.69. The largest absolute Gasteiger partial charge is 0.381 e. The van der Waals surface area contributed by atoms with Gasteiger partial charge in [0, 0.05) is 24.6 Å². The van der Waals surface area contributed by atoms with E-state index in [1.807, 2.05) is 6.07 Å². The summed E-state index contributed by atoms with van der Waals surface area (Å²) in [6.07, 6.45) is 3.79. The molecule has 21 heavy (non-hydrogen) atoms. The molecule has 0 radical (unpaired) electrons. The van der Waals surface area contributed by atoms with Crippen molar-refractivity contribution in [3.05, 3.63) is 33.8 Å². The predicted molar refractivity (Wildman–Crippen MR) is 88.4 cm³/mol. The molecule has 0 N–H and O–H groups in total. The molecule has 2 aliphatic rings.